The SMILES string of the molecule is Cc1cccc(-c2cnc3c(c2)CC(N)C3)c1. The molecular formula is C15H16N2. The molecule has 1 aromatic carbocycles. The molecular weight excluding hydrogens is 208 g/mol. The summed E-state index contributed by atoms with van der Waals surface area (Å²) in [5.74, 6) is 0. The van der Waals surface area contributed by atoms with Crippen molar-refractivity contribution in [2.75, 3.05) is 0 Å². The van der Waals surface area contributed by atoms with Crippen molar-refractivity contribution in [2.45, 2.75) is 25.8 Å². The molecule has 0 radical (unpaired) electrons. The van der Waals surface area contributed by atoms with Crippen molar-refractivity contribution >= 4 is 0 Å². The molecule has 2 nitrogen and oxygen atoms in total. The molecule has 0 saturated carbocycles. The van der Waals surface area contributed by atoms with Gasteiger partial charge in [-0.05, 0) is 30.5 Å². The van der Waals surface area contributed by atoms with Crippen LogP contribution in [0.4, 0.5) is 0 Å². The molecule has 0 amide bonds. The van der Waals surface area contributed by atoms with E-state index in [0.717, 1.165) is 12.8 Å². The first kappa shape index (κ1) is 10.5. The molecule has 0 spiro atoms. The van der Waals surface area contributed by atoms with Crippen LogP contribution in [0.1, 0.15) is 16.8 Å². The summed E-state index contributed by atoms with van der Waals surface area (Å²) in [6.45, 7) is 2.11. The number of aromatic nitrogens is 1. The van der Waals surface area contributed by atoms with Crippen LogP contribution in [0.25, 0.3) is 11.1 Å². The number of pyridine rings is 1. The molecule has 0 aliphatic heterocycles. The van der Waals surface area contributed by atoms with Crippen molar-refractivity contribution < 1.29 is 0 Å². The first-order valence-corrected chi connectivity index (χ1v) is 6.03. The molecule has 17 heavy (non-hydrogen) atoms. The molecule has 1 heterocycles. The maximum absolute atomic E-state index is 5.96. The zero-order chi connectivity index (χ0) is 11.8. The summed E-state index contributed by atoms with van der Waals surface area (Å²) in [5, 5.41) is 0. The van der Waals surface area contributed by atoms with Crippen LogP contribution in [-0.2, 0) is 12.8 Å². The van der Waals surface area contributed by atoms with Crippen molar-refractivity contribution in [3.63, 3.8) is 0 Å². The molecule has 1 aromatic heterocycles. The van der Waals surface area contributed by atoms with E-state index in [1.54, 1.807) is 0 Å². The Labute approximate surface area is 102 Å². The maximum atomic E-state index is 5.96. The summed E-state index contributed by atoms with van der Waals surface area (Å²) in [7, 11) is 0. The van der Waals surface area contributed by atoms with Gasteiger partial charge >= 0.3 is 0 Å². The normalized spacial score (nSPS) is 18.1. The summed E-state index contributed by atoms with van der Waals surface area (Å²) < 4.78 is 0. The molecule has 1 unspecified atom stereocenters. The van der Waals surface area contributed by atoms with Crippen LogP contribution in [-0.4, -0.2) is 11.0 Å². The van der Waals surface area contributed by atoms with E-state index in [4.69, 9.17) is 5.73 Å². The van der Waals surface area contributed by atoms with E-state index >= 15 is 0 Å². The summed E-state index contributed by atoms with van der Waals surface area (Å²) in [6, 6.07) is 11.0. The van der Waals surface area contributed by atoms with Gasteiger partial charge in [-0.15, -0.1) is 0 Å². The van der Waals surface area contributed by atoms with E-state index in [1.807, 2.05) is 6.20 Å². The highest BCUT2D eigenvalue weighted by Gasteiger charge is 2.19. The molecule has 0 saturated heterocycles. The van der Waals surface area contributed by atoms with Gasteiger partial charge in [-0.25, -0.2) is 0 Å². The van der Waals surface area contributed by atoms with Gasteiger partial charge in [0, 0.05) is 29.9 Å². The minimum atomic E-state index is 0.255. The van der Waals surface area contributed by atoms with Crippen LogP contribution in [0.3, 0.4) is 0 Å². The third-order valence-electron chi connectivity index (χ3n) is 3.35. The van der Waals surface area contributed by atoms with Crippen molar-refractivity contribution in [3.05, 3.63) is 53.3 Å². The zero-order valence-electron chi connectivity index (χ0n) is 9.98. The molecule has 1 aliphatic carbocycles. The van der Waals surface area contributed by atoms with Gasteiger partial charge in [0.1, 0.15) is 0 Å². The van der Waals surface area contributed by atoms with Gasteiger partial charge in [0.2, 0.25) is 0 Å². The Morgan fingerprint density at radius 1 is 1.18 bits per heavy atom. The minimum absolute atomic E-state index is 0.255. The Morgan fingerprint density at radius 3 is 2.88 bits per heavy atom. The first-order chi connectivity index (χ1) is 8.22. The van der Waals surface area contributed by atoms with Gasteiger partial charge in [-0.3, -0.25) is 4.98 Å². The number of hydrogen-bond donors (Lipinski definition) is 1. The molecule has 0 fully saturated rings. The summed E-state index contributed by atoms with van der Waals surface area (Å²) in [4.78, 5) is 4.54. The Hall–Kier alpha value is -1.67. The summed E-state index contributed by atoms with van der Waals surface area (Å²) in [6.07, 6.45) is 3.84. The lowest BCUT2D eigenvalue weighted by Crippen LogP contribution is -2.19. The number of rotatable bonds is 1. The first-order valence-electron chi connectivity index (χ1n) is 6.03. The summed E-state index contributed by atoms with van der Waals surface area (Å²) >= 11 is 0. The van der Waals surface area contributed by atoms with Gasteiger partial charge in [0.05, 0.1) is 0 Å². The second kappa shape index (κ2) is 3.97. The fraction of sp³-hybridized carbons (Fsp3) is 0.267. The standard InChI is InChI=1S/C15H16N2/c1-10-3-2-4-11(5-10)13-6-12-7-14(16)8-15(12)17-9-13/h2-6,9,14H,7-8,16H2,1H3. The minimum Gasteiger partial charge on any atom is -0.327 e. The van der Waals surface area contributed by atoms with E-state index in [2.05, 4.69) is 42.2 Å². The number of hydrogen-bond acceptors (Lipinski definition) is 2. The highest BCUT2D eigenvalue weighted by molar-refractivity contribution is 5.64. The molecule has 1 aliphatic rings. The lowest BCUT2D eigenvalue weighted by Gasteiger charge is -2.05. The maximum Gasteiger partial charge on any atom is 0.0452 e. The smallest absolute Gasteiger partial charge is 0.0452 e. The van der Waals surface area contributed by atoms with Gasteiger partial charge in [0.25, 0.3) is 0 Å². The fourth-order valence-corrected chi connectivity index (χ4v) is 2.48. The number of nitrogens with zero attached hydrogens (tertiary/aromatic N) is 1. The number of benzene rings is 1. The van der Waals surface area contributed by atoms with Crippen molar-refractivity contribution in [1.82, 2.24) is 4.98 Å². The monoisotopic (exact) mass is 224 g/mol. The zero-order valence-corrected chi connectivity index (χ0v) is 9.98. The molecule has 0 bridgehead atoms. The molecule has 86 valence electrons. The van der Waals surface area contributed by atoms with Gasteiger partial charge in [0.15, 0.2) is 0 Å². The van der Waals surface area contributed by atoms with E-state index in [1.165, 1.54) is 27.9 Å². The fourth-order valence-electron chi connectivity index (χ4n) is 2.48. The molecule has 2 N–H and O–H groups in total. The number of nitrogens with two attached hydrogens (primary N) is 1. The topological polar surface area (TPSA) is 38.9 Å². The van der Waals surface area contributed by atoms with E-state index in [-0.39, 0.29) is 6.04 Å². The third-order valence-corrected chi connectivity index (χ3v) is 3.35. The van der Waals surface area contributed by atoms with Gasteiger partial charge in [-0.2, -0.15) is 0 Å². The Bertz CT molecular complexity index is 561. The summed E-state index contributed by atoms with van der Waals surface area (Å²) in [5.41, 5.74) is 12.2. The average Bonchev–Trinajstić information content (AvgIpc) is 2.68. The van der Waals surface area contributed by atoms with Crippen LogP contribution >= 0.6 is 0 Å². The van der Waals surface area contributed by atoms with E-state index < -0.39 is 0 Å². The molecule has 1 atom stereocenters. The third kappa shape index (κ3) is 1.96. The molecule has 2 aromatic rings. The second-order valence-electron chi connectivity index (χ2n) is 4.87. The molecule has 2 heteroatoms. The lowest BCUT2D eigenvalue weighted by atomic mass is 10.0. The van der Waals surface area contributed by atoms with Gasteiger partial charge < -0.3 is 5.73 Å². The van der Waals surface area contributed by atoms with Crippen LogP contribution < -0.4 is 5.73 Å². The van der Waals surface area contributed by atoms with Gasteiger partial charge in [-0.1, -0.05) is 29.8 Å². The van der Waals surface area contributed by atoms with Crippen LogP contribution in [0, 0.1) is 6.92 Å². The largest absolute Gasteiger partial charge is 0.327 e. The van der Waals surface area contributed by atoms with Crippen LogP contribution in [0.2, 0.25) is 0 Å². The quantitative estimate of drug-likeness (QED) is 0.808. The second-order valence-corrected chi connectivity index (χ2v) is 4.87. The van der Waals surface area contributed by atoms with E-state index in [9.17, 15) is 0 Å². The van der Waals surface area contributed by atoms with Crippen molar-refractivity contribution in [2.24, 2.45) is 5.73 Å². The highest BCUT2D eigenvalue weighted by atomic mass is 14.7. The molecule has 3 rings (SSSR count). The highest BCUT2D eigenvalue weighted by Crippen LogP contribution is 2.26. The number of fused-ring (bicyclic) bond motifs is 1. The predicted octanol–water partition coefficient (Wildman–Crippen LogP) is 2.48. The Balaban J connectivity index is 2.03. The van der Waals surface area contributed by atoms with Crippen LogP contribution in [0.15, 0.2) is 36.5 Å². The van der Waals surface area contributed by atoms with Crippen LogP contribution in [0.5, 0.6) is 0 Å². The number of aryl methyl sites for hydroxylation is 1. The van der Waals surface area contributed by atoms with Crippen molar-refractivity contribution in [3.8, 4) is 11.1 Å². The predicted molar refractivity (Wildman–Crippen MR) is 69.8 cm³/mol. The lowest BCUT2D eigenvalue weighted by molar-refractivity contribution is 0.716. The Morgan fingerprint density at radius 2 is 2.06 bits per heavy atom. The Kier molecular flexibility index (Phi) is 2.45. The van der Waals surface area contributed by atoms with Crippen molar-refractivity contribution in [1.29, 1.82) is 0 Å². The van der Waals surface area contributed by atoms with E-state index in [0.29, 0.717) is 0 Å². The average molecular weight is 224 g/mol.